The van der Waals surface area contributed by atoms with Gasteiger partial charge < -0.3 is 10.6 Å². The van der Waals surface area contributed by atoms with Crippen LogP contribution in [-0.2, 0) is 0 Å². The van der Waals surface area contributed by atoms with Crippen LogP contribution in [0.4, 0.5) is 11.4 Å². The van der Waals surface area contributed by atoms with Gasteiger partial charge in [-0.05, 0) is 48.4 Å². The van der Waals surface area contributed by atoms with Crippen LogP contribution in [0.2, 0.25) is 0 Å². The van der Waals surface area contributed by atoms with Crippen LogP contribution in [0.25, 0.3) is 0 Å². The number of benzene rings is 1. The van der Waals surface area contributed by atoms with Crippen molar-refractivity contribution in [1.82, 2.24) is 0 Å². The maximum atomic E-state index is 5.74. The molecule has 0 spiro atoms. The summed E-state index contributed by atoms with van der Waals surface area (Å²) in [5.41, 5.74) is 8.29. The van der Waals surface area contributed by atoms with Gasteiger partial charge in [-0.15, -0.1) is 0 Å². The second kappa shape index (κ2) is 5.21. The first-order valence-electron chi connectivity index (χ1n) is 6.92. The predicted molar refractivity (Wildman–Crippen MR) is 79.5 cm³/mol. The van der Waals surface area contributed by atoms with Crippen LogP contribution in [0.1, 0.15) is 33.1 Å². The van der Waals surface area contributed by atoms with Crippen LogP contribution in [0.3, 0.4) is 0 Å². The Hall–Kier alpha value is -1.18. The zero-order chi connectivity index (χ0) is 13.2. The minimum Gasteiger partial charge on any atom is -0.399 e. The van der Waals surface area contributed by atoms with Gasteiger partial charge in [-0.1, -0.05) is 27.2 Å². The van der Waals surface area contributed by atoms with Crippen molar-refractivity contribution in [3.8, 4) is 0 Å². The molecule has 1 aromatic rings. The molecule has 18 heavy (non-hydrogen) atoms. The molecule has 2 heteroatoms. The zero-order valence-electron chi connectivity index (χ0n) is 11.7. The number of hydrogen-bond acceptors (Lipinski definition) is 2. The molecule has 1 heterocycles. The zero-order valence-corrected chi connectivity index (χ0v) is 11.7. The molecular weight excluding hydrogens is 220 g/mol. The Morgan fingerprint density at radius 2 is 2.00 bits per heavy atom. The van der Waals surface area contributed by atoms with Crippen molar-refractivity contribution < 1.29 is 0 Å². The van der Waals surface area contributed by atoms with Crippen molar-refractivity contribution in [2.24, 2.45) is 11.3 Å². The fourth-order valence-corrected chi connectivity index (χ4v) is 2.98. The Kier molecular flexibility index (Phi) is 3.84. The Balaban J connectivity index is 2.02. The SMILES string of the molecule is [CH2]CCC(C)(C)C1CCN(c2ccc(N)cc2)C1. The Morgan fingerprint density at radius 3 is 2.61 bits per heavy atom. The molecule has 0 aliphatic carbocycles. The van der Waals surface area contributed by atoms with Gasteiger partial charge in [-0.25, -0.2) is 0 Å². The molecule has 1 saturated heterocycles. The highest BCUT2D eigenvalue weighted by atomic mass is 15.2. The first kappa shape index (κ1) is 13.3. The van der Waals surface area contributed by atoms with Gasteiger partial charge >= 0.3 is 0 Å². The number of nitrogens with two attached hydrogens (primary N) is 1. The molecule has 2 rings (SSSR count). The number of anilines is 2. The smallest absolute Gasteiger partial charge is 0.0367 e. The minimum absolute atomic E-state index is 0.407. The van der Waals surface area contributed by atoms with Gasteiger partial charge in [-0.3, -0.25) is 0 Å². The second-order valence-corrected chi connectivity index (χ2v) is 6.12. The van der Waals surface area contributed by atoms with Crippen molar-refractivity contribution in [3.05, 3.63) is 31.2 Å². The molecule has 1 atom stereocenters. The molecule has 1 aromatic carbocycles. The fraction of sp³-hybridized carbons (Fsp3) is 0.562. The predicted octanol–water partition coefficient (Wildman–Crippen LogP) is 3.74. The molecule has 0 amide bonds. The van der Waals surface area contributed by atoms with E-state index in [0.29, 0.717) is 5.41 Å². The van der Waals surface area contributed by atoms with E-state index in [-0.39, 0.29) is 0 Å². The van der Waals surface area contributed by atoms with Crippen LogP contribution in [0.5, 0.6) is 0 Å². The normalized spacial score (nSPS) is 20.4. The maximum Gasteiger partial charge on any atom is 0.0367 e. The molecule has 0 aromatic heterocycles. The van der Waals surface area contributed by atoms with Crippen molar-refractivity contribution >= 4 is 11.4 Å². The highest BCUT2D eigenvalue weighted by molar-refractivity contribution is 5.53. The summed E-state index contributed by atoms with van der Waals surface area (Å²) in [4.78, 5) is 2.48. The highest BCUT2D eigenvalue weighted by Gasteiger charge is 2.34. The van der Waals surface area contributed by atoms with E-state index in [0.717, 1.165) is 31.1 Å². The minimum atomic E-state index is 0.407. The van der Waals surface area contributed by atoms with Gasteiger partial charge in [0.05, 0.1) is 0 Å². The number of nitrogens with zero attached hydrogens (tertiary/aromatic N) is 1. The van der Waals surface area contributed by atoms with Crippen LogP contribution in [-0.4, -0.2) is 13.1 Å². The third-order valence-electron chi connectivity index (χ3n) is 4.37. The molecule has 2 N–H and O–H groups in total. The third kappa shape index (κ3) is 2.80. The standard InChI is InChI=1S/C16H25N2/c1-4-10-16(2,3)13-9-11-18(12-13)15-7-5-14(17)6-8-15/h5-8,13H,1,4,9-12,17H2,2-3H3. The number of nitrogen functional groups attached to an aromatic ring is 1. The molecule has 1 radical (unpaired) electrons. The lowest BCUT2D eigenvalue weighted by molar-refractivity contribution is 0.215. The average molecular weight is 245 g/mol. The van der Waals surface area contributed by atoms with Crippen molar-refractivity contribution in [1.29, 1.82) is 0 Å². The van der Waals surface area contributed by atoms with E-state index in [4.69, 9.17) is 5.73 Å². The maximum absolute atomic E-state index is 5.74. The molecule has 0 saturated carbocycles. The van der Waals surface area contributed by atoms with E-state index in [2.05, 4.69) is 37.8 Å². The lowest BCUT2D eigenvalue weighted by Gasteiger charge is -2.31. The number of hydrogen-bond donors (Lipinski definition) is 1. The van der Waals surface area contributed by atoms with Gasteiger partial charge in [0.1, 0.15) is 0 Å². The summed E-state index contributed by atoms with van der Waals surface area (Å²) in [5, 5.41) is 0. The van der Waals surface area contributed by atoms with Gasteiger partial charge in [0.25, 0.3) is 0 Å². The summed E-state index contributed by atoms with van der Waals surface area (Å²) in [7, 11) is 0. The molecule has 1 aliphatic heterocycles. The van der Waals surface area contributed by atoms with E-state index in [1.165, 1.54) is 18.5 Å². The average Bonchev–Trinajstić information content (AvgIpc) is 2.80. The van der Waals surface area contributed by atoms with Crippen LogP contribution < -0.4 is 10.6 Å². The summed E-state index contributed by atoms with van der Waals surface area (Å²) >= 11 is 0. The van der Waals surface area contributed by atoms with Gasteiger partial charge in [-0.2, -0.15) is 0 Å². The van der Waals surface area contributed by atoms with Crippen LogP contribution >= 0.6 is 0 Å². The van der Waals surface area contributed by atoms with E-state index in [1.54, 1.807) is 0 Å². The molecule has 0 bridgehead atoms. The summed E-state index contributed by atoms with van der Waals surface area (Å²) in [5.74, 6) is 0.775. The van der Waals surface area contributed by atoms with Gasteiger partial charge in [0, 0.05) is 24.5 Å². The van der Waals surface area contributed by atoms with Gasteiger partial charge in [0.15, 0.2) is 0 Å². The largest absolute Gasteiger partial charge is 0.399 e. The molecule has 99 valence electrons. The van der Waals surface area contributed by atoms with Crippen molar-refractivity contribution in [2.45, 2.75) is 33.1 Å². The lowest BCUT2D eigenvalue weighted by atomic mass is 9.75. The van der Waals surface area contributed by atoms with E-state index in [1.807, 2.05) is 12.1 Å². The molecule has 2 nitrogen and oxygen atoms in total. The van der Waals surface area contributed by atoms with Crippen molar-refractivity contribution in [3.63, 3.8) is 0 Å². The number of rotatable bonds is 4. The molecule has 1 fully saturated rings. The quantitative estimate of drug-likeness (QED) is 0.819. The lowest BCUT2D eigenvalue weighted by Crippen LogP contribution is -2.28. The summed E-state index contributed by atoms with van der Waals surface area (Å²) in [6.45, 7) is 11.1. The molecule has 1 aliphatic rings. The van der Waals surface area contributed by atoms with E-state index >= 15 is 0 Å². The van der Waals surface area contributed by atoms with E-state index < -0.39 is 0 Å². The van der Waals surface area contributed by atoms with Crippen LogP contribution in [0, 0.1) is 18.3 Å². The first-order chi connectivity index (χ1) is 8.53. The molecule has 1 unspecified atom stereocenters. The third-order valence-corrected chi connectivity index (χ3v) is 4.37. The topological polar surface area (TPSA) is 29.3 Å². The Morgan fingerprint density at radius 1 is 1.33 bits per heavy atom. The summed E-state index contributed by atoms with van der Waals surface area (Å²) < 4.78 is 0. The van der Waals surface area contributed by atoms with Crippen LogP contribution in [0.15, 0.2) is 24.3 Å². The Labute approximate surface area is 111 Å². The Bertz CT molecular complexity index is 381. The molecular formula is C16H25N2. The highest BCUT2D eigenvalue weighted by Crippen LogP contribution is 2.39. The second-order valence-electron chi connectivity index (χ2n) is 6.12. The monoisotopic (exact) mass is 245 g/mol. The first-order valence-corrected chi connectivity index (χ1v) is 6.92. The van der Waals surface area contributed by atoms with Crippen molar-refractivity contribution in [2.75, 3.05) is 23.7 Å². The van der Waals surface area contributed by atoms with Gasteiger partial charge in [0.2, 0.25) is 0 Å². The summed E-state index contributed by atoms with van der Waals surface area (Å²) in [6.07, 6.45) is 3.54. The van der Waals surface area contributed by atoms with E-state index in [9.17, 15) is 0 Å². The fourth-order valence-electron chi connectivity index (χ4n) is 2.98. The summed E-state index contributed by atoms with van der Waals surface area (Å²) in [6, 6.07) is 8.24.